The van der Waals surface area contributed by atoms with Crippen LogP contribution in [0.2, 0.25) is 0 Å². The lowest BCUT2D eigenvalue weighted by Crippen LogP contribution is -2.41. The van der Waals surface area contributed by atoms with Crippen molar-refractivity contribution >= 4 is 15.9 Å². The molecular weight excluding hydrogens is 320 g/mol. The highest BCUT2D eigenvalue weighted by Crippen LogP contribution is 2.35. The van der Waals surface area contributed by atoms with E-state index in [0.29, 0.717) is 0 Å². The van der Waals surface area contributed by atoms with Gasteiger partial charge < -0.3 is 14.9 Å². The molecule has 1 aliphatic heterocycles. The average Bonchev–Trinajstić information content (AvgIpc) is 2.71. The lowest BCUT2D eigenvalue weighted by atomic mass is 9.99. The number of ether oxygens (including phenoxy) is 1. The van der Waals surface area contributed by atoms with Crippen molar-refractivity contribution in [2.45, 2.75) is 24.4 Å². The second-order valence-corrected chi connectivity index (χ2v) is 5.01. The number of aromatic amines is 1. The molecule has 0 radical (unpaired) electrons. The molecule has 3 N–H and O–H groups in total. The van der Waals surface area contributed by atoms with Crippen molar-refractivity contribution in [1.29, 1.82) is 0 Å². The zero-order valence-electron chi connectivity index (χ0n) is 9.67. The Morgan fingerprint density at radius 2 is 2.37 bits per heavy atom. The first kappa shape index (κ1) is 14.0. The van der Waals surface area contributed by atoms with E-state index in [0.717, 1.165) is 4.57 Å². The number of aliphatic hydroxyl groups excluding tert-OH is 2. The molecule has 0 saturated carbocycles. The van der Waals surface area contributed by atoms with Gasteiger partial charge in [-0.05, 0) is 15.9 Å². The number of rotatable bonds is 2. The van der Waals surface area contributed by atoms with E-state index < -0.39 is 35.8 Å². The first-order valence-electron chi connectivity index (χ1n) is 5.39. The van der Waals surface area contributed by atoms with E-state index >= 15 is 0 Å². The van der Waals surface area contributed by atoms with Gasteiger partial charge in [0.1, 0.15) is 12.3 Å². The molecule has 1 saturated heterocycles. The molecule has 0 aliphatic carbocycles. The quantitative estimate of drug-likeness (QED) is 0.600. The highest BCUT2D eigenvalue weighted by molar-refractivity contribution is 9.10. The number of aliphatic hydroxyl groups is 2. The third kappa shape index (κ3) is 2.26. The van der Waals surface area contributed by atoms with Crippen LogP contribution in [0, 0.1) is 12.3 Å². The Labute approximate surface area is 116 Å². The molecule has 19 heavy (non-hydrogen) atoms. The first-order chi connectivity index (χ1) is 8.93. The topological polar surface area (TPSA) is 105 Å². The number of aromatic nitrogens is 2. The SMILES string of the molecule is C#C[C@]1(CO)O[C@@H](n2cc(Br)c(=O)[nH]c2=O)C[C@H]1O. The Kier molecular flexibility index (Phi) is 3.64. The van der Waals surface area contributed by atoms with Crippen LogP contribution in [0.3, 0.4) is 0 Å². The molecule has 0 unspecified atom stereocenters. The van der Waals surface area contributed by atoms with Crippen LogP contribution in [0.5, 0.6) is 0 Å². The molecule has 1 aromatic heterocycles. The van der Waals surface area contributed by atoms with Crippen molar-refractivity contribution in [3.63, 3.8) is 0 Å². The van der Waals surface area contributed by atoms with Crippen LogP contribution in [-0.4, -0.2) is 38.1 Å². The summed E-state index contributed by atoms with van der Waals surface area (Å²) in [5.74, 6) is 2.20. The Morgan fingerprint density at radius 3 is 2.89 bits per heavy atom. The summed E-state index contributed by atoms with van der Waals surface area (Å²) >= 11 is 2.99. The fraction of sp³-hybridized carbons (Fsp3) is 0.455. The van der Waals surface area contributed by atoms with Crippen LogP contribution in [0.1, 0.15) is 12.6 Å². The number of nitrogens with zero attached hydrogens (tertiary/aromatic N) is 1. The van der Waals surface area contributed by atoms with Crippen molar-refractivity contribution in [2.75, 3.05) is 6.61 Å². The summed E-state index contributed by atoms with van der Waals surface area (Å²) in [5.41, 5.74) is -2.78. The summed E-state index contributed by atoms with van der Waals surface area (Å²) in [7, 11) is 0. The fourth-order valence-electron chi connectivity index (χ4n) is 1.91. The maximum atomic E-state index is 11.7. The first-order valence-corrected chi connectivity index (χ1v) is 6.18. The summed E-state index contributed by atoms with van der Waals surface area (Å²) in [6.07, 6.45) is 4.57. The molecule has 0 spiro atoms. The van der Waals surface area contributed by atoms with Crippen LogP contribution < -0.4 is 11.2 Å². The fourth-order valence-corrected chi connectivity index (χ4v) is 2.23. The summed E-state index contributed by atoms with van der Waals surface area (Å²) in [4.78, 5) is 25.0. The molecule has 1 fully saturated rings. The highest BCUT2D eigenvalue weighted by atomic mass is 79.9. The molecule has 0 amide bonds. The third-order valence-electron chi connectivity index (χ3n) is 3.02. The van der Waals surface area contributed by atoms with Crippen LogP contribution in [0.15, 0.2) is 20.3 Å². The summed E-state index contributed by atoms with van der Waals surface area (Å²) in [5, 5.41) is 19.1. The van der Waals surface area contributed by atoms with Gasteiger partial charge in [-0.1, -0.05) is 5.92 Å². The highest BCUT2D eigenvalue weighted by Gasteiger charge is 2.47. The van der Waals surface area contributed by atoms with Gasteiger partial charge in [0.05, 0.1) is 11.1 Å². The number of nitrogens with one attached hydrogen (secondary N) is 1. The molecule has 102 valence electrons. The smallest absolute Gasteiger partial charge is 0.330 e. The second kappa shape index (κ2) is 4.94. The van der Waals surface area contributed by atoms with Crippen molar-refractivity contribution < 1.29 is 14.9 Å². The lowest BCUT2D eigenvalue weighted by Gasteiger charge is -2.23. The van der Waals surface area contributed by atoms with E-state index in [1.165, 1.54) is 6.20 Å². The number of hydrogen-bond donors (Lipinski definition) is 3. The van der Waals surface area contributed by atoms with Crippen LogP contribution in [0.25, 0.3) is 0 Å². The van der Waals surface area contributed by atoms with Gasteiger partial charge in [-0.15, -0.1) is 6.42 Å². The van der Waals surface area contributed by atoms with Crippen LogP contribution >= 0.6 is 15.9 Å². The summed E-state index contributed by atoms with van der Waals surface area (Å²) in [6, 6.07) is 0. The van der Waals surface area contributed by atoms with E-state index in [2.05, 4.69) is 26.8 Å². The molecule has 0 aromatic carbocycles. The standard InChI is InChI=1S/C11H11BrN2O5/c1-2-11(5-15)7(16)3-8(19-11)14-4-6(12)9(17)13-10(14)18/h1,4,7-8,15-16H,3,5H2,(H,13,17,18)/t7-,8-,11-/m1/s1. The minimum Gasteiger partial charge on any atom is -0.392 e. The zero-order valence-corrected chi connectivity index (χ0v) is 11.3. The molecule has 8 heteroatoms. The number of terminal acetylenes is 1. The molecule has 2 rings (SSSR count). The Hall–Kier alpha value is -1.40. The number of H-pyrrole nitrogens is 1. The van der Waals surface area contributed by atoms with Gasteiger partial charge in [-0.25, -0.2) is 4.79 Å². The van der Waals surface area contributed by atoms with E-state index in [4.69, 9.17) is 11.2 Å². The van der Waals surface area contributed by atoms with Gasteiger partial charge in [0, 0.05) is 12.6 Å². The van der Waals surface area contributed by atoms with Crippen molar-refractivity contribution in [3.05, 3.63) is 31.5 Å². The molecular formula is C11H11BrN2O5. The van der Waals surface area contributed by atoms with Crippen molar-refractivity contribution in [1.82, 2.24) is 9.55 Å². The Bertz CT molecular complexity index is 646. The molecule has 0 bridgehead atoms. The molecule has 3 atom stereocenters. The molecule has 2 heterocycles. The van der Waals surface area contributed by atoms with Gasteiger partial charge >= 0.3 is 5.69 Å². The van der Waals surface area contributed by atoms with E-state index in [1.807, 2.05) is 0 Å². The third-order valence-corrected chi connectivity index (χ3v) is 3.59. The van der Waals surface area contributed by atoms with Gasteiger partial charge in [0.15, 0.2) is 5.60 Å². The molecule has 1 aromatic rings. The van der Waals surface area contributed by atoms with Gasteiger partial charge in [-0.2, -0.15) is 0 Å². The van der Waals surface area contributed by atoms with Gasteiger partial charge in [0.25, 0.3) is 5.56 Å². The number of hydrogen-bond acceptors (Lipinski definition) is 5. The van der Waals surface area contributed by atoms with E-state index in [9.17, 15) is 19.8 Å². The van der Waals surface area contributed by atoms with E-state index in [-0.39, 0.29) is 10.9 Å². The predicted molar refractivity (Wildman–Crippen MR) is 68.4 cm³/mol. The second-order valence-electron chi connectivity index (χ2n) is 4.16. The Balaban J connectivity index is 2.42. The zero-order chi connectivity index (χ0) is 14.2. The lowest BCUT2D eigenvalue weighted by molar-refractivity contribution is -0.0913. The van der Waals surface area contributed by atoms with Crippen LogP contribution in [-0.2, 0) is 4.74 Å². The minimum absolute atomic E-state index is 0.0309. The van der Waals surface area contributed by atoms with Crippen molar-refractivity contribution in [2.24, 2.45) is 0 Å². The average molecular weight is 331 g/mol. The predicted octanol–water partition coefficient (Wildman–Crippen LogP) is -1.06. The Morgan fingerprint density at radius 1 is 1.68 bits per heavy atom. The largest absolute Gasteiger partial charge is 0.392 e. The molecule has 7 nitrogen and oxygen atoms in total. The van der Waals surface area contributed by atoms with Crippen molar-refractivity contribution in [3.8, 4) is 12.3 Å². The maximum Gasteiger partial charge on any atom is 0.330 e. The maximum absolute atomic E-state index is 11.7. The van der Waals surface area contributed by atoms with Crippen LogP contribution in [0.4, 0.5) is 0 Å². The number of halogens is 1. The monoisotopic (exact) mass is 330 g/mol. The minimum atomic E-state index is -1.54. The van der Waals surface area contributed by atoms with Gasteiger partial charge in [-0.3, -0.25) is 14.3 Å². The normalized spacial score (nSPS) is 30.2. The van der Waals surface area contributed by atoms with E-state index in [1.54, 1.807) is 0 Å². The summed E-state index contributed by atoms with van der Waals surface area (Å²) in [6.45, 7) is -0.569. The molecule has 1 aliphatic rings. The summed E-state index contributed by atoms with van der Waals surface area (Å²) < 4.78 is 6.65. The van der Waals surface area contributed by atoms with Gasteiger partial charge in [0.2, 0.25) is 0 Å².